The molecule has 0 spiro atoms. The fourth-order valence-electron chi connectivity index (χ4n) is 1.37. The molecule has 0 atom stereocenters. The molecule has 0 fully saturated rings. The Kier molecular flexibility index (Phi) is 7.50. The standard InChI is InChI=1S/C13H21N3O3/c1-3-4-7-19-8-5-6-14-12-10-15-11(9-16-12)13(17)18-2/h9-10H,3-8H2,1-2H3,(H,14,16). The van der Waals surface area contributed by atoms with Gasteiger partial charge in [0.25, 0.3) is 0 Å². The van der Waals surface area contributed by atoms with Gasteiger partial charge in [-0.25, -0.2) is 14.8 Å². The van der Waals surface area contributed by atoms with Crippen molar-refractivity contribution >= 4 is 11.8 Å². The Morgan fingerprint density at radius 3 is 2.68 bits per heavy atom. The summed E-state index contributed by atoms with van der Waals surface area (Å²) in [5, 5.41) is 3.11. The Morgan fingerprint density at radius 1 is 1.26 bits per heavy atom. The summed E-state index contributed by atoms with van der Waals surface area (Å²) in [6.07, 6.45) is 6.08. The van der Waals surface area contributed by atoms with Crippen LogP contribution in [0.4, 0.5) is 5.82 Å². The first-order valence-corrected chi connectivity index (χ1v) is 6.50. The van der Waals surface area contributed by atoms with Gasteiger partial charge in [-0.2, -0.15) is 0 Å². The zero-order valence-corrected chi connectivity index (χ0v) is 11.5. The first-order valence-electron chi connectivity index (χ1n) is 6.50. The summed E-state index contributed by atoms with van der Waals surface area (Å²) in [7, 11) is 1.31. The van der Waals surface area contributed by atoms with Crippen LogP contribution in [0.2, 0.25) is 0 Å². The molecular formula is C13H21N3O3. The predicted molar refractivity (Wildman–Crippen MR) is 72.2 cm³/mol. The molecule has 1 rings (SSSR count). The van der Waals surface area contributed by atoms with Crippen molar-refractivity contribution in [1.29, 1.82) is 0 Å². The minimum absolute atomic E-state index is 0.205. The first kappa shape index (κ1) is 15.4. The number of ether oxygens (including phenoxy) is 2. The number of hydrogen-bond acceptors (Lipinski definition) is 6. The van der Waals surface area contributed by atoms with Crippen LogP contribution in [-0.2, 0) is 9.47 Å². The van der Waals surface area contributed by atoms with E-state index in [9.17, 15) is 4.79 Å². The molecule has 0 aliphatic heterocycles. The molecule has 1 aromatic heterocycles. The van der Waals surface area contributed by atoms with Gasteiger partial charge in [-0.3, -0.25) is 0 Å². The highest BCUT2D eigenvalue weighted by Crippen LogP contribution is 2.02. The lowest BCUT2D eigenvalue weighted by atomic mass is 10.3. The highest BCUT2D eigenvalue weighted by Gasteiger charge is 2.06. The number of esters is 1. The number of aromatic nitrogens is 2. The fraction of sp³-hybridized carbons (Fsp3) is 0.615. The molecule has 0 saturated heterocycles. The van der Waals surface area contributed by atoms with E-state index in [1.807, 2.05) is 0 Å². The average Bonchev–Trinajstić information content (AvgIpc) is 2.46. The van der Waals surface area contributed by atoms with Gasteiger partial charge in [0.05, 0.1) is 19.5 Å². The Labute approximate surface area is 113 Å². The summed E-state index contributed by atoms with van der Waals surface area (Å²) in [6.45, 7) is 4.46. The van der Waals surface area contributed by atoms with Gasteiger partial charge in [0, 0.05) is 19.8 Å². The SMILES string of the molecule is CCCCOCCCNc1cnc(C(=O)OC)cn1. The highest BCUT2D eigenvalue weighted by atomic mass is 16.5. The normalized spacial score (nSPS) is 10.2. The molecule has 6 nitrogen and oxygen atoms in total. The third-order valence-corrected chi connectivity index (χ3v) is 2.46. The van der Waals surface area contributed by atoms with Crippen LogP contribution in [0.15, 0.2) is 12.4 Å². The number of methoxy groups -OCH3 is 1. The third kappa shape index (κ3) is 6.15. The van der Waals surface area contributed by atoms with Gasteiger partial charge in [-0.15, -0.1) is 0 Å². The molecule has 0 amide bonds. The average molecular weight is 267 g/mol. The van der Waals surface area contributed by atoms with E-state index in [0.29, 0.717) is 5.82 Å². The molecule has 0 unspecified atom stereocenters. The molecule has 106 valence electrons. The molecule has 0 bridgehead atoms. The number of carbonyl (C=O) groups is 1. The molecule has 1 N–H and O–H groups in total. The summed E-state index contributed by atoms with van der Waals surface area (Å²) >= 11 is 0. The molecule has 0 saturated carbocycles. The van der Waals surface area contributed by atoms with Gasteiger partial charge in [-0.05, 0) is 12.8 Å². The molecule has 1 heterocycles. The maximum atomic E-state index is 11.1. The summed E-state index contributed by atoms with van der Waals surface area (Å²) in [5.74, 6) is 0.157. The van der Waals surface area contributed by atoms with Gasteiger partial charge in [0.2, 0.25) is 0 Å². The maximum Gasteiger partial charge on any atom is 0.358 e. The van der Waals surface area contributed by atoms with E-state index in [1.165, 1.54) is 19.5 Å². The quantitative estimate of drug-likeness (QED) is 0.544. The van der Waals surface area contributed by atoms with Crippen LogP contribution in [0, 0.1) is 0 Å². The van der Waals surface area contributed by atoms with E-state index in [0.717, 1.165) is 39.0 Å². The van der Waals surface area contributed by atoms with Crippen molar-refractivity contribution in [2.24, 2.45) is 0 Å². The second kappa shape index (κ2) is 9.27. The molecule has 0 aliphatic carbocycles. The van der Waals surface area contributed by atoms with Crippen LogP contribution >= 0.6 is 0 Å². The van der Waals surface area contributed by atoms with E-state index >= 15 is 0 Å². The second-order valence-electron chi connectivity index (χ2n) is 4.02. The van der Waals surface area contributed by atoms with Crippen molar-refractivity contribution in [2.45, 2.75) is 26.2 Å². The Bertz CT molecular complexity index is 368. The van der Waals surface area contributed by atoms with Crippen molar-refractivity contribution in [3.8, 4) is 0 Å². The van der Waals surface area contributed by atoms with E-state index in [2.05, 4.69) is 26.9 Å². The van der Waals surface area contributed by atoms with E-state index in [1.54, 1.807) is 0 Å². The number of hydrogen-bond donors (Lipinski definition) is 1. The van der Waals surface area contributed by atoms with Crippen molar-refractivity contribution in [3.63, 3.8) is 0 Å². The fourth-order valence-corrected chi connectivity index (χ4v) is 1.37. The van der Waals surface area contributed by atoms with Crippen LogP contribution < -0.4 is 5.32 Å². The molecule has 1 aromatic rings. The minimum Gasteiger partial charge on any atom is -0.464 e. The molecule has 0 radical (unpaired) electrons. The van der Waals surface area contributed by atoms with E-state index in [4.69, 9.17) is 4.74 Å². The largest absolute Gasteiger partial charge is 0.464 e. The Morgan fingerprint density at radius 2 is 2.05 bits per heavy atom. The summed E-state index contributed by atoms with van der Waals surface area (Å²) in [5.41, 5.74) is 0.205. The number of carbonyl (C=O) groups excluding carboxylic acids is 1. The predicted octanol–water partition coefficient (Wildman–Crippen LogP) is 1.88. The van der Waals surface area contributed by atoms with Crippen LogP contribution in [0.3, 0.4) is 0 Å². The van der Waals surface area contributed by atoms with Crippen molar-refractivity contribution in [3.05, 3.63) is 18.1 Å². The number of anilines is 1. The monoisotopic (exact) mass is 267 g/mol. The first-order chi connectivity index (χ1) is 9.27. The minimum atomic E-state index is -0.483. The van der Waals surface area contributed by atoms with Gasteiger partial charge in [0.1, 0.15) is 5.82 Å². The number of unbranched alkanes of at least 4 members (excludes halogenated alkanes) is 1. The molecular weight excluding hydrogens is 246 g/mol. The summed E-state index contributed by atoms with van der Waals surface area (Å²) in [4.78, 5) is 19.2. The summed E-state index contributed by atoms with van der Waals surface area (Å²) in [6, 6.07) is 0. The molecule has 0 aliphatic rings. The van der Waals surface area contributed by atoms with Crippen LogP contribution in [0.1, 0.15) is 36.7 Å². The van der Waals surface area contributed by atoms with Gasteiger partial charge in [-0.1, -0.05) is 13.3 Å². The Hall–Kier alpha value is -1.69. The number of nitrogens with one attached hydrogen (secondary N) is 1. The van der Waals surface area contributed by atoms with Crippen molar-refractivity contribution in [2.75, 3.05) is 32.2 Å². The molecule has 19 heavy (non-hydrogen) atoms. The topological polar surface area (TPSA) is 73.3 Å². The maximum absolute atomic E-state index is 11.1. The van der Waals surface area contributed by atoms with Gasteiger partial charge >= 0.3 is 5.97 Å². The highest BCUT2D eigenvalue weighted by molar-refractivity contribution is 5.86. The number of rotatable bonds is 9. The third-order valence-electron chi connectivity index (χ3n) is 2.46. The molecule has 0 aromatic carbocycles. The van der Waals surface area contributed by atoms with Crippen LogP contribution in [0.25, 0.3) is 0 Å². The van der Waals surface area contributed by atoms with Crippen LogP contribution in [0.5, 0.6) is 0 Å². The van der Waals surface area contributed by atoms with E-state index in [-0.39, 0.29) is 5.69 Å². The lowest BCUT2D eigenvalue weighted by Gasteiger charge is -2.06. The summed E-state index contributed by atoms with van der Waals surface area (Å²) < 4.78 is 9.98. The van der Waals surface area contributed by atoms with Crippen molar-refractivity contribution < 1.29 is 14.3 Å². The lowest BCUT2D eigenvalue weighted by Crippen LogP contribution is -2.09. The lowest BCUT2D eigenvalue weighted by molar-refractivity contribution is 0.0593. The zero-order valence-electron chi connectivity index (χ0n) is 11.5. The molecule has 6 heteroatoms. The number of nitrogens with zero attached hydrogens (tertiary/aromatic N) is 2. The van der Waals surface area contributed by atoms with Gasteiger partial charge in [0.15, 0.2) is 5.69 Å². The smallest absolute Gasteiger partial charge is 0.358 e. The van der Waals surface area contributed by atoms with E-state index < -0.39 is 5.97 Å². The zero-order chi connectivity index (χ0) is 13.9. The second-order valence-corrected chi connectivity index (χ2v) is 4.02. The Balaban J connectivity index is 2.18. The van der Waals surface area contributed by atoms with Gasteiger partial charge < -0.3 is 14.8 Å². The van der Waals surface area contributed by atoms with Crippen molar-refractivity contribution in [1.82, 2.24) is 9.97 Å². The van der Waals surface area contributed by atoms with Crippen LogP contribution in [-0.4, -0.2) is 42.8 Å².